The van der Waals surface area contributed by atoms with E-state index < -0.39 is 13.2 Å². The van der Waals surface area contributed by atoms with Gasteiger partial charge in [0.05, 0.1) is 5.60 Å². The summed E-state index contributed by atoms with van der Waals surface area (Å²) in [5.41, 5.74) is 0.370. The first-order valence-electron chi connectivity index (χ1n) is 5.59. The van der Waals surface area contributed by atoms with E-state index in [0.717, 1.165) is 5.57 Å². The zero-order chi connectivity index (χ0) is 13.1. The van der Waals surface area contributed by atoms with Gasteiger partial charge >= 0.3 is 7.60 Å². The van der Waals surface area contributed by atoms with Crippen molar-refractivity contribution in [3.63, 3.8) is 0 Å². The Balaban J connectivity index is 2.90. The van der Waals surface area contributed by atoms with Gasteiger partial charge in [-0.15, -0.1) is 0 Å². The van der Waals surface area contributed by atoms with E-state index in [0.29, 0.717) is 13.0 Å². The Morgan fingerprint density at radius 1 is 1.47 bits per heavy atom. The van der Waals surface area contributed by atoms with Gasteiger partial charge < -0.3 is 18.5 Å². The zero-order valence-corrected chi connectivity index (χ0v) is 12.0. The van der Waals surface area contributed by atoms with Crippen LogP contribution in [0.25, 0.3) is 0 Å². The molecule has 1 fully saturated rings. The molecule has 100 valence electrons. The van der Waals surface area contributed by atoms with Crippen molar-refractivity contribution in [3.05, 3.63) is 11.4 Å². The molecule has 1 aliphatic rings. The number of rotatable bonds is 5. The molecule has 0 aromatic heterocycles. The maximum absolute atomic E-state index is 12.0. The maximum Gasteiger partial charge on any atom is 0.353 e. The summed E-state index contributed by atoms with van der Waals surface area (Å²) in [6.07, 6.45) is 0.292. The molecule has 5 nitrogen and oxygen atoms in total. The third-order valence-electron chi connectivity index (χ3n) is 2.76. The van der Waals surface area contributed by atoms with E-state index in [9.17, 15) is 4.57 Å². The zero-order valence-electron chi connectivity index (χ0n) is 11.1. The molecular weight excluding hydrogens is 243 g/mol. The van der Waals surface area contributed by atoms with Crippen molar-refractivity contribution in [3.8, 4) is 0 Å². The van der Waals surface area contributed by atoms with Crippen molar-refractivity contribution in [1.29, 1.82) is 0 Å². The second-order valence-corrected chi connectivity index (χ2v) is 6.34. The Morgan fingerprint density at radius 2 is 2.06 bits per heavy atom. The quantitative estimate of drug-likeness (QED) is 0.714. The molecule has 0 bridgehead atoms. The first-order valence-corrected chi connectivity index (χ1v) is 7.21. The molecule has 17 heavy (non-hydrogen) atoms. The Kier molecular flexibility index (Phi) is 4.93. The molecule has 1 aliphatic heterocycles. The Morgan fingerprint density at radius 3 is 2.53 bits per heavy atom. The van der Waals surface area contributed by atoms with Crippen LogP contribution in [0.4, 0.5) is 0 Å². The minimum Gasteiger partial charge on any atom is -0.353 e. The van der Waals surface area contributed by atoms with Crippen LogP contribution in [0.5, 0.6) is 0 Å². The molecule has 1 rings (SSSR count). The van der Waals surface area contributed by atoms with E-state index in [1.165, 1.54) is 20.0 Å². The average Bonchev–Trinajstić information content (AvgIpc) is 2.54. The van der Waals surface area contributed by atoms with Crippen LogP contribution in [0.2, 0.25) is 0 Å². The smallest absolute Gasteiger partial charge is 0.353 e. The van der Waals surface area contributed by atoms with Gasteiger partial charge in [0.15, 0.2) is 6.29 Å². The van der Waals surface area contributed by atoms with Gasteiger partial charge in [-0.1, -0.05) is 0 Å². The first-order chi connectivity index (χ1) is 7.87. The van der Waals surface area contributed by atoms with Crippen molar-refractivity contribution >= 4 is 7.60 Å². The molecule has 1 atom stereocenters. The van der Waals surface area contributed by atoms with E-state index in [1.807, 2.05) is 20.8 Å². The van der Waals surface area contributed by atoms with E-state index in [2.05, 4.69) is 0 Å². The highest BCUT2D eigenvalue weighted by atomic mass is 31.2. The minimum atomic E-state index is -3.15. The molecule has 0 N–H and O–H groups in total. The fraction of sp³-hybridized carbons (Fsp3) is 0.818. The van der Waals surface area contributed by atoms with Crippen LogP contribution in [-0.2, 0) is 23.1 Å². The summed E-state index contributed by atoms with van der Waals surface area (Å²) in [5.74, 6) is 1.53. The normalized spacial score (nSPS) is 26.6. The predicted octanol–water partition coefficient (Wildman–Crippen LogP) is 2.92. The van der Waals surface area contributed by atoms with Crippen LogP contribution in [0, 0.1) is 0 Å². The first kappa shape index (κ1) is 14.9. The lowest BCUT2D eigenvalue weighted by Crippen LogP contribution is -2.23. The topological polar surface area (TPSA) is 54.0 Å². The molecule has 1 unspecified atom stereocenters. The summed E-state index contributed by atoms with van der Waals surface area (Å²) in [4.78, 5) is 0. The number of hydrogen-bond donors (Lipinski definition) is 0. The lowest BCUT2D eigenvalue weighted by Gasteiger charge is -2.21. The molecule has 0 saturated carbocycles. The molecule has 0 aromatic rings. The van der Waals surface area contributed by atoms with Gasteiger partial charge in [-0.3, -0.25) is 4.57 Å². The molecule has 0 radical (unpaired) electrons. The standard InChI is InChI=1S/C11H21O5P/c1-6-15-10-7-9(11(2,3)16-10)8-17(12,13-4)14-5/h8,10H,6-7H2,1-5H3/b9-8+. The van der Waals surface area contributed by atoms with Gasteiger partial charge in [-0.25, -0.2) is 0 Å². The highest BCUT2D eigenvalue weighted by Crippen LogP contribution is 2.52. The van der Waals surface area contributed by atoms with Crippen molar-refractivity contribution in [2.45, 2.75) is 39.1 Å². The molecule has 0 aliphatic carbocycles. The highest BCUT2D eigenvalue weighted by molar-refractivity contribution is 7.57. The van der Waals surface area contributed by atoms with Crippen molar-refractivity contribution < 1.29 is 23.1 Å². The summed E-state index contributed by atoms with van der Waals surface area (Å²) >= 11 is 0. The minimum absolute atomic E-state index is 0.289. The molecule has 0 amide bonds. The lowest BCUT2D eigenvalue weighted by molar-refractivity contribution is -0.152. The second kappa shape index (κ2) is 5.63. The number of ether oxygens (including phenoxy) is 2. The summed E-state index contributed by atoms with van der Waals surface area (Å²) in [7, 11) is -0.423. The summed E-state index contributed by atoms with van der Waals surface area (Å²) < 4.78 is 33.0. The molecule has 6 heteroatoms. The van der Waals surface area contributed by atoms with Crippen LogP contribution in [-0.4, -0.2) is 32.7 Å². The van der Waals surface area contributed by atoms with E-state index in [4.69, 9.17) is 18.5 Å². The predicted molar refractivity (Wildman–Crippen MR) is 64.9 cm³/mol. The summed E-state index contributed by atoms with van der Waals surface area (Å²) in [6, 6.07) is 0. The average molecular weight is 264 g/mol. The molecule has 0 spiro atoms. The largest absolute Gasteiger partial charge is 0.353 e. The monoisotopic (exact) mass is 264 g/mol. The van der Waals surface area contributed by atoms with Gasteiger partial charge in [-0.05, 0) is 26.3 Å². The molecule has 0 aromatic carbocycles. The van der Waals surface area contributed by atoms with E-state index in [1.54, 1.807) is 0 Å². The Labute approximate surface area is 103 Å². The van der Waals surface area contributed by atoms with Crippen molar-refractivity contribution in [2.75, 3.05) is 20.8 Å². The van der Waals surface area contributed by atoms with Crippen molar-refractivity contribution in [2.24, 2.45) is 0 Å². The maximum atomic E-state index is 12.0. The third-order valence-corrected chi connectivity index (χ3v) is 4.41. The van der Waals surface area contributed by atoms with Gasteiger partial charge in [0, 0.05) is 33.1 Å². The highest BCUT2D eigenvalue weighted by Gasteiger charge is 2.39. The van der Waals surface area contributed by atoms with Crippen molar-refractivity contribution in [1.82, 2.24) is 0 Å². The van der Waals surface area contributed by atoms with Crippen LogP contribution in [0.15, 0.2) is 11.4 Å². The van der Waals surface area contributed by atoms with Gasteiger partial charge in [-0.2, -0.15) is 0 Å². The summed E-state index contributed by atoms with van der Waals surface area (Å²) in [5, 5.41) is 0. The lowest BCUT2D eigenvalue weighted by atomic mass is 10.0. The molecular formula is C11H21O5P. The van der Waals surface area contributed by atoms with E-state index in [-0.39, 0.29) is 6.29 Å². The third kappa shape index (κ3) is 3.63. The summed E-state index contributed by atoms with van der Waals surface area (Å²) in [6.45, 7) is 6.31. The van der Waals surface area contributed by atoms with Crippen LogP contribution < -0.4 is 0 Å². The van der Waals surface area contributed by atoms with Crippen LogP contribution >= 0.6 is 7.60 Å². The van der Waals surface area contributed by atoms with Gasteiger partial charge in [0.25, 0.3) is 0 Å². The second-order valence-electron chi connectivity index (χ2n) is 4.28. The Bertz CT molecular complexity index is 329. The van der Waals surface area contributed by atoms with Crippen LogP contribution in [0.1, 0.15) is 27.2 Å². The number of hydrogen-bond acceptors (Lipinski definition) is 5. The fourth-order valence-corrected chi connectivity index (χ4v) is 2.89. The molecule has 1 heterocycles. The van der Waals surface area contributed by atoms with E-state index >= 15 is 0 Å². The SMILES string of the molecule is CCOC1C/C(=C\P(=O)(OC)OC)C(C)(C)O1. The van der Waals surface area contributed by atoms with Gasteiger partial charge in [0.2, 0.25) is 0 Å². The fourth-order valence-electron chi connectivity index (χ4n) is 1.73. The molecule has 1 saturated heterocycles. The van der Waals surface area contributed by atoms with Gasteiger partial charge in [0.1, 0.15) is 0 Å². The Hall–Kier alpha value is -0.190. The van der Waals surface area contributed by atoms with Crippen LogP contribution in [0.3, 0.4) is 0 Å².